The van der Waals surface area contributed by atoms with Crippen LogP contribution in [0.4, 0.5) is 5.82 Å². The Balaban J connectivity index is 1.36. The van der Waals surface area contributed by atoms with Gasteiger partial charge in [-0.2, -0.15) is 0 Å². The largest absolute Gasteiger partial charge is 0.360 e. The van der Waals surface area contributed by atoms with Gasteiger partial charge in [-0.15, -0.1) is 0 Å². The monoisotopic (exact) mass is 442 g/mol. The van der Waals surface area contributed by atoms with Crippen molar-refractivity contribution in [2.24, 2.45) is 11.8 Å². The molecule has 1 aromatic rings. The summed E-state index contributed by atoms with van der Waals surface area (Å²) in [4.78, 5) is 41.5. The Morgan fingerprint density at radius 2 is 2.12 bits per heavy atom. The lowest BCUT2D eigenvalue weighted by Gasteiger charge is -2.30. The van der Waals surface area contributed by atoms with Gasteiger partial charge in [-0.25, -0.2) is 0 Å². The molecular formula is C23H30N4O5. The van der Waals surface area contributed by atoms with E-state index < -0.39 is 29.6 Å². The van der Waals surface area contributed by atoms with Crippen molar-refractivity contribution in [2.45, 2.75) is 76.2 Å². The van der Waals surface area contributed by atoms with Gasteiger partial charge in [0.15, 0.2) is 5.82 Å². The van der Waals surface area contributed by atoms with E-state index in [0.717, 1.165) is 32.1 Å². The maximum Gasteiger partial charge on any atom is 0.243 e. The highest BCUT2D eigenvalue weighted by Gasteiger charge is 2.67. The van der Waals surface area contributed by atoms with E-state index in [2.05, 4.69) is 15.8 Å². The van der Waals surface area contributed by atoms with Crippen LogP contribution in [0.5, 0.6) is 0 Å². The maximum absolute atomic E-state index is 13.6. The summed E-state index contributed by atoms with van der Waals surface area (Å²) in [6.45, 7) is 4.04. The molecule has 9 heteroatoms. The molecule has 1 spiro atoms. The van der Waals surface area contributed by atoms with Crippen LogP contribution in [0.3, 0.4) is 0 Å². The zero-order valence-corrected chi connectivity index (χ0v) is 18.5. The second kappa shape index (κ2) is 8.03. The fraction of sp³-hybridized carbons (Fsp3) is 0.652. The lowest BCUT2D eigenvalue weighted by Crippen LogP contribution is -2.51. The number of nitrogens with zero attached hydrogens (tertiary/aromatic N) is 2. The van der Waals surface area contributed by atoms with E-state index >= 15 is 0 Å². The lowest BCUT2D eigenvalue weighted by atomic mass is 9.77. The van der Waals surface area contributed by atoms with Crippen molar-refractivity contribution in [3.63, 3.8) is 0 Å². The average Bonchev–Trinajstić information content (AvgIpc) is 3.56. The molecule has 1 aromatic heterocycles. The Labute approximate surface area is 186 Å². The lowest BCUT2D eigenvalue weighted by molar-refractivity contribution is -0.142. The molecule has 1 saturated carbocycles. The number of rotatable bonds is 7. The normalized spacial score (nSPS) is 31.9. The van der Waals surface area contributed by atoms with Crippen LogP contribution in [0.25, 0.3) is 0 Å². The van der Waals surface area contributed by atoms with Crippen LogP contribution in [0.15, 0.2) is 22.7 Å². The molecule has 5 atom stereocenters. The van der Waals surface area contributed by atoms with Gasteiger partial charge in [0, 0.05) is 12.1 Å². The summed E-state index contributed by atoms with van der Waals surface area (Å²) in [5, 5.41) is 9.72. The van der Waals surface area contributed by atoms with Crippen LogP contribution in [-0.2, 0) is 19.1 Å². The van der Waals surface area contributed by atoms with Crippen LogP contribution >= 0.6 is 0 Å². The number of anilines is 1. The van der Waals surface area contributed by atoms with E-state index in [4.69, 9.17) is 9.26 Å². The molecule has 2 N–H and O–H groups in total. The van der Waals surface area contributed by atoms with Gasteiger partial charge in [0.05, 0.1) is 24.5 Å². The first-order chi connectivity index (χ1) is 15.4. The first-order valence-electron chi connectivity index (χ1n) is 11.6. The van der Waals surface area contributed by atoms with Gasteiger partial charge in [-0.3, -0.25) is 14.4 Å². The third kappa shape index (κ3) is 3.43. The molecule has 2 saturated heterocycles. The van der Waals surface area contributed by atoms with Gasteiger partial charge < -0.3 is 24.8 Å². The molecule has 32 heavy (non-hydrogen) atoms. The molecule has 5 rings (SSSR count). The molecule has 0 radical (unpaired) electrons. The molecule has 1 aliphatic carbocycles. The fourth-order valence-electron chi connectivity index (χ4n) is 5.80. The maximum atomic E-state index is 13.6. The second-order valence-corrected chi connectivity index (χ2v) is 9.47. The summed E-state index contributed by atoms with van der Waals surface area (Å²) in [5.41, 5.74) is -0.858. The second-order valence-electron chi connectivity index (χ2n) is 9.47. The van der Waals surface area contributed by atoms with E-state index in [1.54, 1.807) is 17.9 Å². The Morgan fingerprint density at radius 1 is 1.34 bits per heavy atom. The van der Waals surface area contributed by atoms with Crippen molar-refractivity contribution in [3.05, 3.63) is 24.0 Å². The van der Waals surface area contributed by atoms with Crippen LogP contribution in [0.1, 0.15) is 51.2 Å². The summed E-state index contributed by atoms with van der Waals surface area (Å²) in [5.74, 6) is -1.03. The van der Waals surface area contributed by atoms with Crippen LogP contribution in [0, 0.1) is 18.8 Å². The molecule has 3 amide bonds. The number of likely N-dealkylation sites (tertiary alicyclic amines) is 1. The summed E-state index contributed by atoms with van der Waals surface area (Å²) in [7, 11) is 0. The van der Waals surface area contributed by atoms with Crippen LogP contribution < -0.4 is 10.6 Å². The molecule has 172 valence electrons. The van der Waals surface area contributed by atoms with Crippen molar-refractivity contribution >= 4 is 23.5 Å². The Bertz CT molecular complexity index is 952. The van der Waals surface area contributed by atoms with Gasteiger partial charge in [0.2, 0.25) is 17.7 Å². The predicted molar refractivity (Wildman–Crippen MR) is 114 cm³/mol. The number of fused-ring (bicyclic) bond motifs is 1. The van der Waals surface area contributed by atoms with E-state index in [1.165, 1.54) is 0 Å². The molecule has 2 bridgehead atoms. The van der Waals surface area contributed by atoms with E-state index in [0.29, 0.717) is 24.5 Å². The number of hydrogen-bond donors (Lipinski definition) is 2. The van der Waals surface area contributed by atoms with E-state index in [1.807, 2.05) is 19.1 Å². The summed E-state index contributed by atoms with van der Waals surface area (Å²) in [6.07, 6.45) is 8.88. The number of ether oxygens (including phenoxy) is 1. The van der Waals surface area contributed by atoms with Crippen molar-refractivity contribution in [3.8, 4) is 0 Å². The molecule has 9 nitrogen and oxygen atoms in total. The summed E-state index contributed by atoms with van der Waals surface area (Å²) in [6, 6.07) is 1.27. The summed E-state index contributed by atoms with van der Waals surface area (Å²) >= 11 is 0. The SMILES string of the molecule is CCC[C@H](C(=O)NC1CCCC1)N1C[C@@]23C=C[C@@H](O2)[C@H](C(=O)Nc2cc(C)on2)[C@@H]3C1=O. The molecule has 0 unspecified atom stereocenters. The smallest absolute Gasteiger partial charge is 0.243 e. The van der Waals surface area contributed by atoms with Gasteiger partial charge in [0.1, 0.15) is 17.4 Å². The van der Waals surface area contributed by atoms with Gasteiger partial charge >= 0.3 is 0 Å². The number of carbonyl (C=O) groups excluding carboxylic acids is 3. The minimum absolute atomic E-state index is 0.0962. The summed E-state index contributed by atoms with van der Waals surface area (Å²) < 4.78 is 11.2. The van der Waals surface area contributed by atoms with Crippen molar-refractivity contribution < 1.29 is 23.6 Å². The zero-order valence-electron chi connectivity index (χ0n) is 18.5. The first kappa shape index (κ1) is 21.2. The molecule has 0 aromatic carbocycles. The Kier molecular flexibility index (Phi) is 5.31. The van der Waals surface area contributed by atoms with Crippen LogP contribution in [-0.4, -0.2) is 58.1 Å². The third-order valence-corrected chi connectivity index (χ3v) is 7.25. The number of nitrogens with one attached hydrogen (secondary N) is 2. The van der Waals surface area contributed by atoms with Crippen molar-refractivity contribution in [1.82, 2.24) is 15.4 Å². The molecule has 4 heterocycles. The minimum Gasteiger partial charge on any atom is -0.360 e. The average molecular weight is 443 g/mol. The molecular weight excluding hydrogens is 412 g/mol. The topological polar surface area (TPSA) is 114 Å². The number of amides is 3. The molecule has 4 aliphatic rings. The highest BCUT2D eigenvalue weighted by Crippen LogP contribution is 2.52. The zero-order chi connectivity index (χ0) is 22.5. The highest BCUT2D eigenvalue weighted by atomic mass is 16.5. The number of hydrogen-bond acceptors (Lipinski definition) is 6. The standard InChI is InChI=1S/C23H30N4O5/c1-3-6-15(20(28)24-14-7-4-5-8-14)27-12-23-10-9-16(31-23)18(19(23)22(27)30)21(29)25-17-11-13(2)32-26-17/h9-11,14-16,18-19H,3-8,12H2,1-2H3,(H,24,28)(H,25,26,29)/t15-,16-,18+,19-,23-/m1/s1. The van der Waals surface area contributed by atoms with Gasteiger partial charge in [-0.05, 0) is 26.2 Å². The minimum atomic E-state index is -0.858. The van der Waals surface area contributed by atoms with Gasteiger partial charge in [0.25, 0.3) is 0 Å². The van der Waals surface area contributed by atoms with Crippen LogP contribution in [0.2, 0.25) is 0 Å². The number of aromatic nitrogens is 1. The Hall–Kier alpha value is -2.68. The van der Waals surface area contributed by atoms with Crippen molar-refractivity contribution in [1.29, 1.82) is 0 Å². The number of carbonyl (C=O) groups is 3. The fourth-order valence-corrected chi connectivity index (χ4v) is 5.80. The number of aryl methyl sites for hydroxylation is 1. The van der Waals surface area contributed by atoms with E-state index in [9.17, 15) is 14.4 Å². The first-order valence-corrected chi connectivity index (χ1v) is 11.6. The quantitative estimate of drug-likeness (QED) is 0.624. The Morgan fingerprint density at radius 3 is 2.81 bits per heavy atom. The van der Waals surface area contributed by atoms with E-state index in [-0.39, 0.29) is 23.8 Å². The molecule has 3 aliphatic heterocycles. The highest BCUT2D eigenvalue weighted by molar-refractivity contribution is 6.00. The predicted octanol–water partition coefficient (Wildman–Crippen LogP) is 1.93. The molecule has 3 fully saturated rings. The van der Waals surface area contributed by atoms with Gasteiger partial charge in [-0.1, -0.05) is 43.5 Å². The van der Waals surface area contributed by atoms with Crippen molar-refractivity contribution in [2.75, 3.05) is 11.9 Å². The third-order valence-electron chi connectivity index (χ3n) is 7.25.